The molecular formula is C11H22N2O3S. The molecule has 0 saturated heterocycles. The van der Waals surface area contributed by atoms with Crippen molar-refractivity contribution in [1.29, 1.82) is 0 Å². The third-order valence-corrected chi connectivity index (χ3v) is 2.84. The van der Waals surface area contributed by atoms with Gasteiger partial charge in [-0.3, -0.25) is 0 Å². The first-order valence-electron chi connectivity index (χ1n) is 5.61. The molecule has 0 radical (unpaired) electrons. The summed E-state index contributed by atoms with van der Waals surface area (Å²) in [5, 5.41) is 11.5. The Morgan fingerprint density at radius 2 is 2.00 bits per heavy atom. The summed E-state index contributed by atoms with van der Waals surface area (Å²) in [4.78, 5) is 24.2. The number of carboxylic acid groups (broad SMARTS) is 1. The number of amides is 2. The highest BCUT2D eigenvalue weighted by Gasteiger charge is 2.21. The van der Waals surface area contributed by atoms with E-state index >= 15 is 0 Å². The van der Waals surface area contributed by atoms with Gasteiger partial charge >= 0.3 is 12.0 Å². The van der Waals surface area contributed by atoms with Gasteiger partial charge in [-0.1, -0.05) is 13.8 Å². The van der Waals surface area contributed by atoms with Gasteiger partial charge in [0.15, 0.2) is 0 Å². The SMILES string of the molecule is CSCC[C@@H](NC(=O)N(C)CC(C)C)C(=O)O. The van der Waals surface area contributed by atoms with Crippen molar-refractivity contribution in [2.24, 2.45) is 5.92 Å². The van der Waals surface area contributed by atoms with Crippen LogP contribution in [0.4, 0.5) is 4.79 Å². The summed E-state index contributed by atoms with van der Waals surface area (Å²) in [6.45, 7) is 4.62. The van der Waals surface area contributed by atoms with Gasteiger partial charge in [0.05, 0.1) is 0 Å². The average molecular weight is 262 g/mol. The highest BCUT2D eigenvalue weighted by molar-refractivity contribution is 7.98. The fraction of sp³-hybridized carbons (Fsp3) is 0.818. The summed E-state index contributed by atoms with van der Waals surface area (Å²) in [6.07, 6.45) is 2.35. The van der Waals surface area contributed by atoms with E-state index in [0.29, 0.717) is 24.6 Å². The zero-order valence-electron chi connectivity index (χ0n) is 10.9. The molecule has 0 fully saturated rings. The molecule has 2 N–H and O–H groups in total. The molecule has 0 aliphatic rings. The van der Waals surface area contributed by atoms with Gasteiger partial charge in [0.25, 0.3) is 0 Å². The molecule has 0 heterocycles. The highest BCUT2D eigenvalue weighted by atomic mass is 32.2. The van der Waals surface area contributed by atoms with Crippen LogP contribution in [0.5, 0.6) is 0 Å². The molecule has 1 atom stereocenters. The lowest BCUT2D eigenvalue weighted by atomic mass is 10.2. The van der Waals surface area contributed by atoms with Crippen LogP contribution in [0.25, 0.3) is 0 Å². The predicted octanol–water partition coefficient (Wildman–Crippen LogP) is 1.49. The van der Waals surface area contributed by atoms with E-state index in [2.05, 4.69) is 5.32 Å². The molecule has 100 valence electrons. The number of nitrogens with one attached hydrogen (secondary N) is 1. The summed E-state index contributed by atoms with van der Waals surface area (Å²) in [6, 6.07) is -1.13. The number of thioether (sulfide) groups is 1. The number of carbonyl (C=O) groups is 2. The molecule has 5 nitrogen and oxygen atoms in total. The Balaban J connectivity index is 4.24. The maximum atomic E-state index is 11.7. The van der Waals surface area contributed by atoms with E-state index in [0.717, 1.165) is 0 Å². The zero-order chi connectivity index (χ0) is 13.4. The van der Waals surface area contributed by atoms with Crippen LogP contribution in [-0.2, 0) is 4.79 Å². The van der Waals surface area contributed by atoms with Crippen molar-refractivity contribution in [2.75, 3.05) is 25.6 Å². The predicted molar refractivity (Wildman–Crippen MR) is 70.4 cm³/mol. The number of carbonyl (C=O) groups excluding carboxylic acids is 1. The second-order valence-electron chi connectivity index (χ2n) is 4.40. The summed E-state index contributed by atoms with van der Waals surface area (Å²) in [7, 11) is 1.67. The smallest absolute Gasteiger partial charge is 0.326 e. The van der Waals surface area contributed by atoms with Crippen molar-refractivity contribution in [3.63, 3.8) is 0 Å². The molecule has 0 saturated carbocycles. The largest absolute Gasteiger partial charge is 0.480 e. The molecule has 0 aromatic carbocycles. The van der Waals surface area contributed by atoms with Gasteiger partial charge in [-0.2, -0.15) is 11.8 Å². The van der Waals surface area contributed by atoms with Crippen molar-refractivity contribution in [3.8, 4) is 0 Å². The van der Waals surface area contributed by atoms with E-state index in [4.69, 9.17) is 5.11 Å². The van der Waals surface area contributed by atoms with Gasteiger partial charge in [-0.15, -0.1) is 0 Å². The molecule has 0 rings (SSSR count). The summed E-state index contributed by atoms with van der Waals surface area (Å²) >= 11 is 1.57. The van der Waals surface area contributed by atoms with Crippen LogP contribution >= 0.6 is 11.8 Å². The molecule has 0 bridgehead atoms. The van der Waals surface area contributed by atoms with Gasteiger partial charge in [-0.25, -0.2) is 9.59 Å². The lowest BCUT2D eigenvalue weighted by Crippen LogP contribution is -2.47. The summed E-state index contributed by atoms with van der Waals surface area (Å²) < 4.78 is 0. The van der Waals surface area contributed by atoms with E-state index in [1.807, 2.05) is 20.1 Å². The molecule has 2 amide bonds. The first-order valence-corrected chi connectivity index (χ1v) is 7.01. The van der Waals surface area contributed by atoms with Crippen LogP contribution in [0.2, 0.25) is 0 Å². The minimum atomic E-state index is -0.981. The summed E-state index contributed by atoms with van der Waals surface area (Å²) in [5.41, 5.74) is 0. The fourth-order valence-corrected chi connectivity index (χ4v) is 1.85. The van der Waals surface area contributed by atoms with Crippen molar-refractivity contribution in [1.82, 2.24) is 10.2 Å². The molecule has 0 aliphatic heterocycles. The minimum absolute atomic E-state index is 0.327. The van der Waals surface area contributed by atoms with Gasteiger partial charge in [0, 0.05) is 13.6 Å². The van der Waals surface area contributed by atoms with Crippen molar-refractivity contribution in [2.45, 2.75) is 26.3 Å². The molecule has 0 unspecified atom stereocenters. The maximum Gasteiger partial charge on any atom is 0.326 e. The van der Waals surface area contributed by atoms with Crippen LogP contribution in [0.1, 0.15) is 20.3 Å². The number of carboxylic acids is 1. The third-order valence-electron chi connectivity index (χ3n) is 2.19. The first kappa shape index (κ1) is 16.1. The Bertz CT molecular complexity index is 259. The topological polar surface area (TPSA) is 69.6 Å². The van der Waals surface area contributed by atoms with Gasteiger partial charge in [-0.05, 0) is 24.3 Å². The second kappa shape index (κ2) is 8.22. The number of hydrogen-bond donors (Lipinski definition) is 2. The number of urea groups is 1. The van der Waals surface area contributed by atoms with Crippen molar-refractivity contribution < 1.29 is 14.7 Å². The standard InChI is InChI=1S/C11H22N2O3S/c1-8(2)7-13(3)11(16)12-9(10(14)15)5-6-17-4/h8-9H,5-7H2,1-4H3,(H,12,16)(H,14,15)/t9-/m1/s1. The first-order chi connectivity index (χ1) is 7.88. The zero-order valence-corrected chi connectivity index (χ0v) is 11.7. The number of rotatable bonds is 7. The Morgan fingerprint density at radius 1 is 1.41 bits per heavy atom. The van der Waals surface area contributed by atoms with Gasteiger partial charge < -0.3 is 15.3 Å². The Hall–Kier alpha value is -0.910. The summed E-state index contributed by atoms with van der Waals surface area (Å²) in [5.74, 6) is 0.0936. The highest BCUT2D eigenvalue weighted by Crippen LogP contribution is 2.02. The van der Waals surface area contributed by atoms with E-state index in [1.54, 1.807) is 18.8 Å². The third kappa shape index (κ3) is 7.10. The normalized spacial score (nSPS) is 12.3. The van der Waals surface area contributed by atoms with E-state index in [1.165, 1.54) is 4.90 Å². The quantitative estimate of drug-likeness (QED) is 0.729. The van der Waals surface area contributed by atoms with Crippen LogP contribution in [0.15, 0.2) is 0 Å². The molecule has 17 heavy (non-hydrogen) atoms. The molecule has 0 aromatic heterocycles. The Kier molecular flexibility index (Phi) is 7.78. The number of hydrogen-bond acceptors (Lipinski definition) is 3. The van der Waals surface area contributed by atoms with Crippen LogP contribution in [-0.4, -0.2) is 53.6 Å². The minimum Gasteiger partial charge on any atom is -0.480 e. The average Bonchev–Trinajstić information content (AvgIpc) is 2.22. The van der Waals surface area contributed by atoms with Gasteiger partial charge in [0.2, 0.25) is 0 Å². The van der Waals surface area contributed by atoms with Crippen molar-refractivity contribution >= 4 is 23.8 Å². The molecule has 0 spiro atoms. The lowest BCUT2D eigenvalue weighted by Gasteiger charge is -2.22. The van der Waals surface area contributed by atoms with Crippen LogP contribution < -0.4 is 5.32 Å². The lowest BCUT2D eigenvalue weighted by molar-refractivity contribution is -0.139. The van der Waals surface area contributed by atoms with Crippen LogP contribution in [0.3, 0.4) is 0 Å². The van der Waals surface area contributed by atoms with Crippen molar-refractivity contribution in [3.05, 3.63) is 0 Å². The van der Waals surface area contributed by atoms with E-state index in [9.17, 15) is 9.59 Å². The second-order valence-corrected chi connectivity index (χ2v) is 5.38. The Labute approximate surface area is 107 Å². The fourth-order valence-electron chi connectivity index (χ4n) is 1.38. The van der Waals surface area contributed by atoms with E-state index in [-0.39, 0.29) is 6.03 Å². The number of aliphatic carboxylic acids is 1. The molecule has 6 heteroatoms. The maximum absolute atomic E-state index is 11.7. The number of nitrogens with zero attached hydrogens (tertiary/aromatic N) is 1. The van der Waals surface area contributed by atoms with Crippen LogP contribution in [0, 0.1) is 5.92 Å². The monoisotopic (exact) mass is 262 g/mol. The van der Waals surface area contributed by atoms with E-state index < -0.39 is 12.0 Å². The van der Waals surface area contributed by atoms with Gasteiger partial charge in [0.1, 0.15) is 6.04 Å². The Morgan fingerprint density at radius 3 is 2.41 bits per heavy atom. The molecule has 0 aromatic rings. The molecule has 0 aliphatic carbocycles. The molecular weight excluding hydrogens is 240 g/mol.